The molecule has 0 aliphatic carbocycles. The van der Waals surface area contributed by atoms with Crippen LogP contribution in [-0.2, 0) is 0 Å². The second-order valence-corrected chi connectivity index (χ2v) is 4.25. The van der Waals surface area contributed by atoms with E-state index in [2.05, 4.69) is 24.3 Å². The van der Waals surface area contributed by atoms with Crippen LogP contribution in [0.5, 0.6) is 5.75 Å². The Kier molecular flexibility index (Phi) is 3.05. The van der Waals surface area contributed by atoms with Crippen molar-refractivity contribution in [1.82, 2.24) is 0 Å². The molecule has 0 amide bonds. The molecule has 0 atom stereocenters. The Morgan fingerprint density at radius 1 is 0.882 bits per heavy atom. The summed E-state index contributed by atoms with van der Waals surface area (Å²) in [5.74, 6) is 0.873. The second-order valence-electron chi connectivity index (χ2n) is 4.25. The van der Waals surface area contributed by atoms with Gasteiger partial charge in [-0.2, -0.15) is 0 Å². The molecular weight excluding hydrogens is 210 g/mol. The highest BCUT2D eigenvalue weighted by molar-refractivity contribution is 5.70. The molecule has 2 N–H and O–H groups in total. The number of methoxy groups -OCH3 is 1. The van der Waals surface area contributed by atoms with Gasteiger partial charge >= 0.3 is 0 Å². The minimum atomic E-state index is 0.873. The smallest absolute Gasteiger partial charge is 0.118 e. The molecule has 0 aliphatic rings. The highest BCUT2D eigenvalue weighted by Gasteiger charge is 2.04. The molecule has 88 valence electrons. The fourth-order valence-corrected chi connectivity index (χ4v) is 1.92. The molecule has 0 spiro atoms. The molecular formula is C15H17NO. The average Bonchev–Trinajstić information content (AvgIpc) is 2.35. The molecule has 0 aliphatic heterocycles. The maximum absolute atomic E-state index is 5.95. The van der Waals surface area contributed by atoms with Crippen LogP contribution in [0.1, 0.15) is 11.1 Å². The normalized spacial score (nSPS) is 10.3. The highest BCUT2D eigenvalue weighted by Crippen LogP contribution is 2.27. The molecule has 2 nitrogen and oxygen atoms in total. The first kappa shape index (κ1) is 11.5. The van der Waals surface area contributed by atoms with Crippen LogP contribution in [0.2, 0.25) is 0 Å². The number of benzene rings is 2. The molecule has 0 radical (unpaired) electrons. The van der Waals surface area contributed by atoms with Crippen molar-refractivity contribution in [2.45, 2.75) is 13.8 Å². The molecule has 0 heterocycles. The van der Waals surface area contributed by atoms with E-state index in [-0.39, 0.29) is 0 Å². The molecule has 0 unspecified atom stereocenters. The topological polar surface area (TPSA) is 35.2 Å². The zero-order valence-corrected chi connectivity index (χ0v) is 10.4. The summed E-state index contributed by atoms with van der Waals surface area (Å²) in [5, 5.41) is 0. The predicted octanol–water partition coefficient (Wildman–Crippen LogP) is 3.56. The SMILES string of the molecule is COc1ccc(-c2cc(C)c(N)c(C)c2)cc1. The van der Waals surface area contributed by atoms with Crippen molar-refractivity contribution in [3.05, 3.63) is 47.5 Å². The van der Waals surface area contributed by atoms with Gasteiger partial charge in [0.25, 0.3) is 0 Å². The van der Waals surface area contributed by atoms with Crippen LogP contribution < -0.4 is 10.5 Å². The third-order valence-electron chi connectivity index (χ3n) is 3.02. The van der Waals surface area contributed by atoms with Gasteiger partial charge in [-0.25, -0.2) is 0 Å². The molecule has 2 heteroatoms. The number of ether oxygens (including phenoxy) is 1. The third kappa shape index (κ3) is 2.26. The Labute approximate surface area is 102 Å². The van der Waals surface area contributed by atoms with Gasteiger partial charge in [0.15, 0.2) is 0 Å². The van der Waals surface area contributed by atoms with E-state index < -0.39 is 0 Å². The number of aryl methyl sites for hydroxylation is 2. The van der Waals surface area contributed by atoms with Crippen LogP contribution in [0.25, 0.3) is 11.1 Å². The van der Waals surface area contributed by atoms with E-state index in [0.29, 0.717) is 0 Å². The minimum absolute atomic E-state index is 0.873. The Bertz CT molecular complexity index is 506. The molecule has 0 saturated carbocycles. The number of rotatable bonds is 2. The van der Waals surface area contributed by atoms with Crippen LogP contribution in [-0.4, -0.2) is 7.11 Å². The van der Waals surface area contributed by atoms with Crippen LogP contribution in [0.4, 0.5) is 5.69 Å². The Morgan fingerprint density at radius 2 is 1.41 bits per heavy atom. The molecule has 0 saturated heterocycles. The van der Waals surface area contributed by atoms with Crippen molar-refractivity contribution in [2.75, 3.05) is 12.8 Å². The number of nitrogen functional groups attached to an aromatic ring is 1. The maximum Gasteiger partial charge on any atom is 0.118 e. The van der Waals surface area contributed by atoms with Gasteiger partial charge in [0.05, 0.1) is 7.11 Å². The molecule has 0 fully saturated rings. The predicted molar refractivity (Wildman–Crippen MR) is 72.3 cm³/mol. The van der Waals surface area contributed by atoms with E-state index in [1.165, 1.54) is 11.1 Å². The number of anilines is 1. The molecule has 2 aromatic carbocycles. The molecule has 2 rings (SSSR count). The van der Waals surface area contributed by atoms with E-state index in [1.54, 1.807) is 7.11 Å². The lowest BCUT2D eigenvalue weighted by atomic mass is 9.99. The first-order valence-electron chi connectivity index (χ1n) is 5.63. The van der Waals surface area contributed by atoms with E-state index in [1.807, 2.05) is 26.0 Å². The zero-order valence-electron chi connectivity index (χ0n) is 10.4. The van der Waals surface area contributed by atoms with E-state index in [4.69, 9.17) is 10.5 Å². The summed E-state index contributed by atoms with van der Waals surface area (Å²) in [6.45, 7) is 4.07. The fraction of sp³-hybridized carbons (Fsp3) is 0.200. The van der Waals surface area contributed by atoms with Gasteiger partial charge in [-0.1, -0.05) is 12.1 Å². The summed E-state index contributed by atoms with van der Waals surface area (Å²) in [7, 11) is 1.67. The number of hydrogen-bond donors (Lipinski definition) is 1. The summed E-state index contributed by atoms with van der Waals surface area (Å²) in [6, 6.07) is 12.3. The largest absolute Gasteiger partial charge is 0.497 e. The van der Waals surface area contributed by atoms with Gasteiger partial charge in [-0.15, -0.1) is 0 Å². The minimum Gasteiger partial charge on any atom is -0.497 e. The van der Waals surface area contributed by atoms with Gasteiger partial charge in [0.1, 0.15) is 5.75 Å². The molecule has 17 heavy (non-hydrogen) atoms. The van der Waals surface area contributed by atoms with Crippen molar-refractivity contribution in [1.29, 1.82) is 0 Å². The van der Waals surface area contributed by atoms with Crippen LogP contribution in [0, 0.1) is 13.8 Å². The quantitative estimate of drug-likeness (QED) is 0.796. The summed E-state index contributed by atoms with van der Waals surface area (Å²) >= 11 is 0. The maximum atomic E-state index is 5.95. The lowest BCUT2D eigenvalue weighted by Crippen LogP contribution is -1.94. The standard InChI is InChI=1S/C15H17NO/c1-10-8-13(9-11(2)15(10)16)12-4-6-14(17-3)7-5-12/h4-9H,16H2,1-3H3. The average molecular weight is 227 g/mol. The van der Waals surface area contributed by atoms with E-state index in [9.17, 15) is 0 Å². The summed E-state index contributed by atoms with van der Waals surface area (Å²) in [5.41, 5.74) is 11.4. The lowest BCUT2D eigenvalue weighted by molar-refractivity contribution is 0.415. The van der Waals surface area contributed by atoms with Crippen molar-refractivity contribution in [3.63, 3.8) is 0 Å². The lowest BCUT2D eigenvalue weighted by Gasteiger charge is -2.09. The van der Waals surface area contributed by atoms with Gasteiger partial charge in [-0.3, -0.25) is 0 Å². The van der Waals surface area contributed by atoms with Crippen molar-refractivity contribution in [3.8, 4) is 16.9 Å². The fourth-order valence-electron chi connectivity index (χ4n) is 1.92. The summed E-state index contributed by atoms with van der Waals surface area (Å²) < 4.78 is 5.15. The number of hydrogen-bond acceptors (Lipinski definition) is 2. The van der Waals surface area contributed by atoms with Crippen molar-refractivity contribution in [2.24, 2.45) is 0 Å². The third-order valence-corrected chi connectivity index (χ3v) is 3.02. The molecule has 2 aromatic rings. The second kappa shape index (κ2) is 4.50. The monoisotopic (exact) mass is 227 g/mol. The van der Waals surface area contributed by atoms with E-state index >= 15 is 0 Å². The summed E-state index contributed by atoms with van der Waals surface area (Å²) in [4.78, 5) is 0. The van der Waals surface area contributed by atoms with E-state index in [0.717, 1.165) is 22.6 Å². The van der Waals surface area contributed by atoms with Crippen molar-refractivity contribution < 1.29 is 4.74 Å². The van der Waals surface area contributed by atoms with Crippen LogP contribution in [0.3, 0.4) is 0 Å². The molecule has 0 aromatic heterocycles. The number of nitrogens with two attached hydrogens (primary N) is 1. The Morgan fingerprint density at radius 3 is 1.88 bits per heavy atom. The van der Waals surface area contributed by atoms with Gasteiger partial charge in [-0.05, 0) is 60.4 Å². The van der Waals surface area contributed by atoms with Gasteiger partial charge in [0, 0.05) is 5.69 Å². The van der Waals surface area contributed by atoms with Gasteiger partial charge in [0.2, 0.25) is 0 Å². The van der Waals surface area contributed by atoms with Crippen LogP contribution >= 0.6 is 0 Å². The first-order chi connectivity index (χ1) is 8.11. The Balaban J connectivity index is 2.45. The Hall–Kier alpha value is -1.96. The molecule has 0 bridgehead atoms. The van der Waals surface area contributed by atoms with Crippen LogP contribution in [0.15, 0.2) is 36.4 Å². The van der Waals surface area contributed by atoms with Crippen molar-refractivity contribution >= 4 is 5.69 Å². The van der Waals surface area contributed by atoms with Gasteiger partial charge < -0.3 is 10.5 Å². The highest BCUT2D eigenvalue weighted by atomic mass is 16.5. The summed E-state index contributed by atoms with van der Waals surface area (Å²) in [6.07, 6.45) is 0. The first-order valence-corrected chi connectivity index (χ1v) is 5.63. The zero-order chi connectivity index (χ0) is 12.4.